The summed E-state index contributed by atoms with van der Waals surface area (Å²) < 4.78 is 18.6. The van der Waals surface area contributed by atoms with E-state index >= 15 is 0 Å². The number of likely N-dealkylation sites (tertiary alicyclic amines) is 1. The lowest BCUT2D eigenvalue weighted by Gasteiger charge is -2.17. The lowest BCUT2D eigenvalue weighted by molar-refractivity contribution is 0.195. The highest BCUT2D eigenvalue weighted by atomic mass is 35.5. The van der Waals surface area contributed by atoms with Crippen LogP contribution in [-0.4, -0.2) is 37.2 Å². The SMILES string of the molecule is CN1CC(N)C(Oc2ccc(F)c(Cl)c2)C1. The number of likely N-dealkylation sites (N-methyl/N-ethyl adjacent to an activating group) is 1. The van der Waals surface area contributed by atoms with Gasteiger partial charge in [-0.15, -0.1) is 0 Å². The average Bonchev–Trinajstić information content (AvgIpc) is 2.51. The second kappa shape index (κ2) is 4.57. The molecule has 0 saturated carbocycles. The molecule has 1 aliphatic rings. The molecular formula is C11H14ClFN2O. The number of nitrogens with two attached hydrogens (primary N) is 1. The lowest BCUT2D eigenvalue weighted by Crippen LogP contribution is -2.37. The number of halogens is 2. The van der Waals surface area contributed by atoms with E-state index in [0.717, 1.165) is 13.1 Å². The van der Waals surface area contributed by atoms with Gasteiger partial charge in [-0.3, -0.25) is 0 Å². The van der Waals surface area contributed by atoms with Crippen molar-refractivity contribution in [2.45, 2.75) is 12.1 Å². The molecule has 1 heterocycles. The highest BCUT2D eigenvalue weighted by Crippen LogP contribution is 2.23. The van der Waals surface area contributed by atoms with Crippen LogP contribution in [0.15, 0.2) is 18.2 Å². The molecule has 1 saturated heterocycles. The van der Waals surface area contributed by atoms with Crippen molar-refractivity contribution in [2.75, 3.05) is 20.1 Å². The van der Waals surface area contributed by atoms with Crippen molar-refractivity contribution in [1.29, 1.82) is 0 Å². The third kappa shape index (κ3) is 2.45. The summed E-state index contributed by atoms with van der Waals surface area (Å²) in [6.45, 7) is 1.58. The minimum atomic E-state index is -0.443. The molecule has 0 amide bonds. The normalized spacial score (nSPS) is 26.0. The van der Waals surface area contributed by atoms with E-state index in [1.54, 1.807) is 6.07 Å². The Bertz CT molecular complexity index is 388. The Kier molecular flexibility index (Phi) is 3.33. The van der Waals surface area contributed by atoms with Gasteiger partial charge in [0, 0.05) is 19.2 Å². The molecule has 88 valence electrons. The molecule has 2 N–H and O–H groups in total. The zero-order chi connectivity index (χ0) is 11.7. The van der Waals surface area contributed by atoms with Gasteiger partial charge < -0.3 is 15.4 Å². The van der Waals surface area contributed by atoms with E-state index in [-0.39, 0.29) is 17.2 Å². The lowest BCUT2D eigenvalue weighted by atomic mass is 10.2. The van der Waals surface area contributed by atoms with Crippen LogP contribution in [0.3, 0.4) is 0 Å². The molecule has 1 fully saturated rings. The maximum absolute atomic E-state index is 12.9. The highest BCUT2D eigenvalue weighted by molar-refractivity contribution is 6.30. The standard InChI is InChI=1S/C11H14ClFN2O/c1-15-5-10(14)11(6-15)16-7-2-3-9(13)8(12)4-7/h2-4,10-11H,5-6,14H2,1H3. The first-order chi connectivity index (χ1) is 7.56. The number of nitrogens with zero attached hydrogens (tertiary/aromatic N) is 1. The molecule has 16 heavy (non-hydrogen) atoms. The van der Waals surface area contributed by atoms with Crippen molar-refractivity contribution in [3.63, 3.8) is 0 Å². The van der Waals surface area contributed by atoms with Crippen LogP contribution in [0, 0.1) is 5.82 Å². The van der Waals surface area contributed by atoms with Gasteiger partial charge in [-0.25, -0.2) is 4.39 Å². The fraction of sp³-hybridized carbons (Fsp3) is 0.455. The highest BCUT2D eigenvalue weighted by Gasteiger charge is 2.29. The molecule has 1 aliphatic heterocycles. The molecule has 2 unspecified atom stereocenters. The zero-order valence-corrected chi connectivity index (χ0v) is 9.75. The second-order valence-corrected chi connectivity index (χ2v) is 4.52. The first kappa shape index (κ1) is 11.6. The van der Waals surface area contributed by atoms with E-state index in [2.05, 4.69) is 4.90 Å². The Morgan fingerprint density at radius 1 is 1.50 bits per heavy atom. The van der Waals surface area contributed by atoms with Crippen LogP contribution in [0.5, 0.6) is 5.75 Å². The third-order valence-corrected chi connectivity index (χ3v) is 2.96. The summed E-state index contributed by atoms with van der Waals surface area (Å²) in [5, 5.41) is 0.0671. The van der Waals surface area contributed by atoms with E-state index in [1.807, 2.05) is 7.05 Å². The monoisotopic (exact) mass is 244 g/mol. The molecule has 3 nitrogen and oxygen atoms in total. The summed E-state index contributed by atoms with van der Waals surface area (Å²) >= 11 is 5.67. The molecule has 0 bridgehead atoms. The topological polar surface area (TPSA) is 38.5 Å². The summed E-state index contributed by atoms with van der Waals surface area (Å²) in [7, 11) is 1.99. The first-order valence-electron chi connectivity index (χ1n) is 5.12. The van der Waals surface area contributed by atoms with Gasteiger partial charge in [-0.1, -0.05) is 11.6 Å². The first-order valence-corrected chi connectivity index (χ1v) is 5.50. The average molecular weight is 245 g/mol. The molecule has 0 radical (unpaired) electrons. The predicted molar refractivity (Wildman–Crippen MR) is 61.3 cm³/mol. The second-order valence-electron chi connectivity index (χ2n) is 4.12. The minimum absolute atomic E-state index is 0.0196. The Labute approximate surface area is 98.9 Å². The molecule has 1 aromatic carbocycles. The van der Waals surface area contributed by atoms with Gasteiger partial charge in [0.1, 0.15) is 17.7 Å². The van der Waals surface area contributed by atoms with E-state index in [9.17, 15) is 4.39 Å². The van der Waals surface area contributed by atoms with Crippen molar-refractivity contribution < 1.29 is 9.13 Å². The Balaban J connectivity index is 2.06. The van der Waals surface area contributed by atoms with Gasteiger partial charge in [0.05, 0.1) is 11.1 Å². The molecular weight excluding hydrogens is 231 g/mol. The van der Waals surface area contributed by atoms with Gasteiger partial charge in [-0.05, 0) is 19.2 Å². The van der Waals surface area contributed by atoms with Crippen molar-refractivity contribution in [3.8, 4) is 5.75 Å². The van der Waals surface area contributed by atoms with Gasteiger partial charge in [-0.2, -0.15) is 0 Å². The summed E-state index contributed by atoms with van der Waals surface area (Å²) in [6.07, 6.45) is -0.0634. The van der Waals surface area contributed by atoms with Crippen LogP contribution in [-0.2, 0) is 0 Å². The summed E-state index contributed by atoms with van der Waals surface area (Å²) in [5.74, 6) is 0.115. The van der Waals surface area contributed by atoms with Gasteiger partial charge in [0.2, 0.25) is 0 Å². The van der Waals surface area contributed by atoms with E-state index < -0.39 is 5.82 Å². The van der Waals surface area contributed by atoms with Crippen LogP contribution in [0.2, 0.25) is 5.02 Å². The van der Waals surface area contributed by atoms with Crippen LogP contribution >= 0.6 is 11.6 Å². The fourth-order valence-corrected chi connectivity index (χ4v) is 2.01. The molecule has 0 aliphatic carbocycles. The fourth-order valence-electron chi connectivity index (χ4n) is 1.84. The van der Waals surface area contributed by atoms with E-state index in [1.165, 1.54) is 12.1 Å². The van der Waals surface area contributed by atoms with Gasteiger partial charge in [0.25, 0.3) is 0 Å². The maximum Gasteiger partial charge on any atom is 0.142 e. The molecule has 0 aromatic heterocycles. The van der Waals surface area contributed by atoms with Crippen LogP contribution in [0.25, 0.3) is 0 Å². The van der Waals surface area contributed by atoms with Crippen LogP contribution in [0.4, 0.5) is 4.39 Å². The summed E-state index contributed by atoms with van der Waals surface area (Å²) in [5.41, 5.74) is 5.91. The molecule has 2 rings (SSSR count). The smallest absolute Gasteiger partial charge is 0.142 e. The Hall–Kier alpha value is -0.840. The predicted octanol–water partition coefficient (Wildman–Crippen LogP) is 1.50. The maximum atomic E-state index is 12.9. The molecule has 5 heteroatoms. The summed E-state index contributed by atoms with van der Waals surface area (Å²) in [4.78, 5) is 2.10. The molecule has 1 aromatic rings. The summed E-state index contributed by atoms with van der Waals surface area (Å²) in [6, 6.07) is 4.31. The quantitative estimate of drug-likeness (QED) is 0.857. The number of ether oxygens (including phenoxy) is 1. The molecule has 0 spiro atoms. The van der Waals surface area contributed by atoms with E-state index in [4.69, 9.17) is 22.1 Å². The largest absolute Gasteiger partial charge is 0.487 e. The van der Waals surface area contributed by atoms with Crippen molar-refractivity contribution in [3.05, 3.63) is 29.0 Å². The van der Waals surface area contributed by atoms with Crippen molar-refractivity contribution in [1.82, 2.24) is 4.90 Å². The van der Waals surface area contributed by atoms with Crippen LogP contribution < -0.4 is 10.5 Å². The zero-order valence-electron chi connectivity index (χ0n) is 8.99. The Morgan fingerprint density at radius 2 is 2.25 bits per heavy atom. The minimum Gasteiger partial charge on any atom is -0.487 e. The number of hydrogen-bond donors (Lipinski definition) is 1. The van der Waals surface area contributed by atoms with Crippen LogP contribution in [0.1, 0.15) is 0 Å². The van der Waals surface area contributed by atoms with Gasteiger partial charge >= 0.3 is 0 Å². The third-order valence-electron chi connectivity index (χ3n) is 2.67. The number of benzene rings is 1. The molecule has 2 atom stereocenters. The Morgan fingerprint density at radius 3 is 2.81 bits per heavy atom. The van der Waals surface area contributed by atoms with Crippen molar-refractivity contribution in [2.24, 2.45) is 5.73 Å². The van der Waals surface area contributed by atoms with Gasteiger partial charge in [0.15, 0.2) is 0 Å². The number of rotatable bonds is 2. The number of hydrogen-bond acceptors (Lipinski definition) is 3. The van der Waals surface area contributed by atoms with Crippen molar-refractivity contribution >= 4 is 11.6 Å². The van der Waals surface area contributed by atoms with E-state index in [0.29, 0.717) is 5.75 Å².